The Morgan fingerprint density at radius 3 is 2.61 bits per heavy atom. The predicted octanol–water partition coefficient (Wildman–Crippen LogP) is 1.95. The number of aliphatic hydroxyl groups excluding tert-OH is 1. The lowest BCUT2D eigenvalue weighted by atomic mass is 10.0. The topological polar surface area (TPSA) is 63.1 Å². The molecule has 0 spiro atoms. The number of rotatable bonds is 8. The van der Waals surface area contributed by atoms with Crippen molar-refractivity contribution in [3.63, 3.8) is 0 Å². The summed E-state index contributed by atoms with van der Waals surface area (Å²) in [6.07, 6.45) is -0.109. The summed E-state index contributed by atoms with van der Waals surface area (Å²) in [6.45, 7) is 2.61. The highest BCUT2D eigenvalue weighted by atomic mass is 16.5. The molecule has 0 radical (unpaired) electrons. The zero-order valence-corrected chi connectivity index (χ0v) is 13.6. The molecule has 2 aromatic rings. The highest BCUT2D eigenvalue weighted by Gasteiger charge is 2.19. The summed E-state index contributed by atoms with van der Waals surface area (Å²) in [5.74, 6) is 0.772. The largest absolute Gasteiger partial charge is 0.497 e. The van der Waals surface area contributed by atoms with Crippen LogP contribution in [0, 0.1) is 0 Å². The first kappa shape index (κ1) is 17.2. The molecule has 2 atom stereocenters. The monoisotopic (exact) mass is 314 g/mol. The molecule has 0 aliphatic carbocycles. The molecule has 0 fully saturated rings. The standard InChI is InChI=1S/C19H23NO3/c1-14(19(22)15-7-4-3-5-8-15)20-12-11-18(21)16-9-6-10-17(13-16)23-2/h3-10,13-14,19-20,22H,11-12H2,1-2H3/p+1/t14-,19+/m1/s1. The number of quaternary nitrogens is 1. The minimum absolute atomic E-state index is 0.00416. The van der Waals surface area contributed by atoms with Crippen LogP contribution in [-0.2, 0) is 0 Å². The van der Waals surface area contributed by atoms with Gasteiger partial charge >= 0.3 is 0 Å². The van der Waals surface area contributed by atoms with Crippen molar-refractivity contribution in [1.29, 1.82) is 0 Å². The van der Waals surface area contributed by atoms with Gasteiger partial charge in [-0.1, -0.05) is 42.5 Å². The van der Waals surface area contributed by atoms with Crippen molar-refractivity contribution in [3.8, 4) is 5.75 Å². The van der Waals surface area contributed by atoms with Crippen molar-refractivity contribution in [2.45, 2.75) is 25.5 Å². The van der Waals surface area contributed by atoms with Crippen molar-refractivity contribution in [2.24, 2.45) is 0 Å². The Labute approximate surface area is 137 Å². The average Bonchev–Trinajstić information content (AvgIpc) is 2.61. The fourth-order valence-electron chi connectivity index (χ4n) is 2.50. The Kier molecular flexibility index (Phi) is 6.32. The van der Waals surface area contributed by atoms with Crippen molar-refractivity contribution < 1.29 is 20.0 Å². The molecule has 122 valence electrons. The van der Waals surface area contributed by atoms with Gasteiger partial charge in [0, 0.05) is 5.56 Å². The molecule has 2 aromatic carbocycles. The smallest absolute Gasteiger partial charge is 0.168 e. The SMILES string of the molecule is COc1cccc(C(=O)CC[NH2+][C@H](C)[C@H](O)c2ccccc2)c1. The fraction of sp³-hybridized carbons (Fsp3) is 0.316. The van der Waals surface area contributed by atoms with Gasteiger partial charge in [-0.15, -0.1) is 0 Å². The highest BCUT2D eigenvalue weighted by Crippen LogP contribution is 2.15. The van der Waals surface area contributed by atoms with Gasteiger partial charge in [-0.3, -0.25) is 4.79 Å². The number of ketones is 1. The lowest BCUT2D eigenvalue weighted by molar-refractivity contribution is -0.693. The number of nitrogens with two attached hydrogens (primary N) is 1. The molecule has 4 nitrogen and oxygen atoms in total. The van der Waals surface area contributed by atoms with Crippen molar-refractivity contribution in [1.82, 2.24) is 0 Å². The molecule has 0 aliphatic heterocycles. The second-order valence-corrected chi connectivity index (χ2v) is 5.64. The van der Waals surface area contributed by atoms with E-state index in [-0.39, 0.29) is 11.8 Å². The van der Waals surface area contributed by atoms with E-state index in [1.807, 2.05) is 54.7 Å². The molecule has 23 heavy (non-hydrogen) atoms. The summed E-state index contributed by atoms with van der Waals surface area (Å²) in [5, 5.41) is 12.3. The van der Waals surface area contributed by atoms with Gasteiger partial charge < -0.3 is 15.2 Å². The van der Waals surface area contributed by atoms with Crippen LogP contribution in [0.25, 0.3) is 0 Å². The second-order valence-electron chi connectivity index (χ2n) is 5.64. The van der Waals surface area contributed by atoms with Gasteiger partial charge in [0.25, 0.3) is 0 Å². The van der Waals surface area contributed by atoms with E-state index in [1.54, 1.807) is 19.2 Å². The Balaban J connectivity index is 1.83. The number of carbonyl (C=O) groups is 1. The van der Waals surface area contributed by atoms with Crippen LogP contribution in [-0.4, -0.2) is 30.6 Å². The van der Waals surface area contributed by atoms with Crippen LogP contribution in [0.4, 0.5) is 0 Å². The van der Waals surface area contributed by atoms with Crippen LogP contribution < -0.4 is 10.1 Å². The van der Waals surface area contributed by atoms with Crippen LogP contribution in [0.5, 0.6) is 5.75 Å². The Bertz CT molecular complexity index is 628. The first-order valence-electron chi connectivity index (χ1n) is 7.85. The number of hydrogen-bond acceptors (Lipinski definition) is 3. The molecule has 0 bridgehead atoms. The molecule has 0 aromatic heterocycles. The second kappa shape index (κ2) is 8.46. The van der Waals surface area contributed by atoms with E-state index >= 15 is 0 Å². The van der Waals surface area contributed by atoms with Crippen LogP contribution in [0.1, 0.15) is 35.4 Å². The van der Waals surface area contributed by atoms with E-state index in [0.29, 0.717) is 24.3 Å². The minimum Gasteiger partial charge on any atom is -0.497 e. The maximum absolute atomic E-state index is 12.2. The molecule has 0 unspecified atom stereocenters. The normalized spacial score (nSPS) is 13.3. The van der Waals surface area contributed by atoms with Crippen LogP contribution >= 0.6 is 0 Å². The third-order valence-corrected chi connectivity index (χ3v) is 3.94. The third kappa shape index (κ3) is 4.91. The summed E-state index contributed by atoms with van der Waals surface area (Å²) in [6, 6.07) is 16.8. The van der Waals surface area contributed by atoms with E-state index in [9.17, 15) is 9.90 Å². The molecular formula is C19H24NO3+. The molecule has 3 N–H and O–H groups in total. The van der Waals surface area contributed by atoms with E-state index in [1.165, 1.54) is 0 Å². The zero-order valence-electron chi connectivity index (χ0n) is 13.6. The molecule has 0 heterocycles. The fourth-order valence-corrected chi connectivity index (χ4v) is 2.50. The third-order valence-electron chi connectivity index (χ3n) is 3.94. The molecule has 0 amide bonds. The van der Waals surface area contributed by atoms with Gasteiger partial charge in [0.05, 0.1) is 20.1 Å². The summed E-state index contributed by atoms with van der Waals surface area (Å²) in [5.41, 5.74) is 1.56. The van der Waals surface area contributed by atoms with Gasteiger partial charge in [0.1, 0.15) is 17.9 Å². The minimum atomic E-state index is -0.539. The quantitative estimate of drug-likeness (QED) is 0.732. The van der Waals surface area contributed by atoms with E-state index < -0.39 is 6.10 Å². The van der Waals surface area contributed by atoms with E-state index in [0.717, 1.165) is 5.56 Å². The van der Waals surface area contributed by atoms with Gasteiger partial charge in [-0.2, -0.15) is 0 Å². The molecule has 0 saturated heterocycles. The number of benzene rings is 2. The Morgan fingerprint density at radius 1 is 1.17 bits per heavy atom. The summed E-state index contributed by atoms with van der Waals surface area (Å²) in [4.78, 5) is 12.2. The van der Waals surface area contributed by atoms with Crippen molar-refractivity contribution in [3.05, 3.63) is 65.7 Å². The Hall–Kier alpha value is -2.17. The number of carbonyl (C=O) groups excluding carboxylic acids is 1. The first-order chi connectivity index (χ1) is 11.1. The maximum Gasteiger partial charge on any atom is 0.168 e. The Morgan fingerprint density at radius 2 is 1.91 bits per heavy atom. The number of aliphatic hydroxyl groups is 1. The van der Waals surface area contributed by atoms with E-state index in [2.05, 4.69) is 0 Å². The molecule has 0 saturated carbocycles. The van der Waals surface area contributed by atoms with Crippen molar-refractivity contribution in [2.75, 3.05) is 13.7 Å². The molecule has 4 heteroatoms. The number of Topliss-reactive ketones (excluding diaryl/α,β-unsaturated/α-hetero) is 1. The molecular weight excluding hydrogens is 290 g/mol. The average molecular weight is 314 g/mol. The van der Waals surface area contributed by atoms with Gasteiger partial charge in [-0.25, -0.2) is 0 Å². The van der Waals surface area contributed by atoms with Crippen molar-refractivity contribution >= 4 is 5.78 Å². The maximum atomic E-state index is 12.2. The lowest BCUT2D eigenvalue weighted by Crippen LogP contribution is -2.90. The van der Waals surface area contributed by atoms with Crippen LogP contribution in [0.3, 0.4) is 0 Å². The van der Waals surface area contributed by atoms with E-state index in [4.69, 9.17) is 4.74 Å². The van der Waals surface area contributed by atoms with Crippen LogP contribution in [0.2, 0.25) is 0 Å². The number of methoxy groups -OCH3 is 1. The van der Waals surface area contributed by atoms with Gasteiger partial charge in [0.2, 0.25) is 0 Å². The summed E-state index contributed by atoms with van der Waals surface area (Å²) < 4.78 is 5.14. The summed E-state index contributed by atoms with van der Waals surface area (Å²) >= 11 is 0. The zero-order chi connectivity index (χ0) is 16.7. The molecule has 2 rings (SSSR count). The number of ether oxygens (including phenoxy) is 1. The van der Waals surface area contributed by atoms with Gasteiger partial charge in [0.15, 0.2) is 5.78 Å². The number of hydrogen-bond donors (Lipinski definition) is 2. The predicted molar refractivity (Wildman–Crippen MR) is 89.6 cm³/mol. The highest BCUT2D eigenvalue weighted by molar-refractivity contribution is 5.96. The van der Waals surface area contributed by atoms with Crippen LogP contribution in [0.15, 0.2) is 54.6 Å². The molecule has 0 aliphatic rings. The summed E-state index contributed by atoms with van der Waals surface area (Å²) in [7, 11) is 1.59. The van der Waals surface area contributed by atoms with Gasteiger partial charge in [-0.05, 0) is 24.6 Å². The lowest BCUT2D eigenvalue weighted by Gasteiger charge is -2.17. The first-order valence-corrected chi connectivity index (χ1v) is 7.85.